The van der Waals surface area contributed by atoms with Gasteiger partial charge in [-0.15, -0.1) is 5.73 Å². The molecule has 1 aromatic carbocycles. The number of benzene rings is 1. The number of carbonyl (C=O) groups is 2. The lowest BCUT2D eigenvalue weighted by Crippen LogP contribution is -2.06. The lowest BCUT2D eigenvalue weighted by molar-refractivity contribution is -0.137. The van der Waals surface area contributed by atoms with E-state index in [1.807, 2.05) is 13.0 Å². The van der Waals surface area contributed by atoms with Crippen LogP contribution < -0.4 is 4.74 Å². The normalized spacial score (nSPS) is 9.90. The van der Waals surface area contributed by atoms with Gasteiger partial charge in [0.25, 0.3) is 0 Å². The summed E-state index contributed by atoms with van der Waals surface area (Å²) in [5.74, 6) is -0.623. The lowest BCUT2D eigenvalue weighted by Gasteiger charge is -2.08. The molecule has 1 rings (SSSR count). The Morgan fingerprint density at radius 3 is 2.75 bits per heavy atom. The average molecular weight is 272 g/mol. The van der Waals surface area contributed by atoms with Gasteiger partial charge in [-0.25, -0.2) is 9.59 Å². The summed E-state index contributed by atoms with van der Waals surface area (Å²) in [7, 11) is 0. The summed E-state index contributed by atoms with van der Waals surface area (Å²) in [5, 5.41) is 0. The Kier molecular flexibility index (Phi) is 6.01. The minimum atomic E-state index is -0.569. The summed E-state index contributed by atoms with van der Waals surface area (Å²) in [4.78, 5) is 22.8. The summed E-state index contributed by atoms with van der Waals surface area (Å²) in [6, 6.07) is 5.35. The van der Waals surface area contributed by atoms with E-state index in [-0.39, 0.29) is 0 Å². The van der Waals surface area contributed by atoms with Crippen LogP contribution in [0.5, 0.6) is 5.75 Å². The maximum atomic E-state index is 11.5. The molecule has 0 aromatic heterocycles. The van der Waals surface area contributed by atoms with Crippen molar-refractivity contribution in [2.24, 2.45) is 0 Å². The molecule has 0 bridgehead atoms. The zero-order chi connectivity index (χ0) is 15.0. The number of rotatable bonds is 5. The second kappa shape index (κ2) is 7.77. The molecule has 0 amide bonds. The third kappa shape index (κ3) is 4.59. The van der Waals surface area contributed by atoms with Crippen molar-refractivity contribution < 1.29 is 19.1 Å². The molecule has 20 heavy (non-hydrogen) atoms. The number of para-hydroxylation sites is 1. The topological polar surface area (TPSA) is 52.6 Å². The Bertz CT molecular complexity index is 578. The van der Waals surface area contributed by atoms with E-state index in [1.165, 1.54) is 6.08 Å². The number of hydrogen-bond acceptors (Lipinski definition) is 4. The van der Waals surface area contributed by atoms with Crippen LogP contribution in [0.2, 0.25) is 0 Å². The second-order valence-electron chi connectivity index (χ2n) is 3.85. The van der Waals surface area contributed by atoms with E-state index >= 15 is 0 Å². The first-order valence-corrected chi connectivity index (χ1v) is 6.10. The quantitative estimate of drug-likeness (QED) is 0.358. The van der Waals surface area contributed by atoms with Gasteiger partial charge in [-0.2, -0.15) is 0 Å². The molecule has 0 aliphatic carbocycles. The Morgan fingerprint density at radius 2 is 2.10 bits per heavy atom. The second-order valence-corrected chi connectivity index (χ2v) is 3.85. The number of carbonyl (C=O) groups excluding carboxylic acids is 2. The summed E-state index contributed by atoms with van der Waals surface area (Å²) in [6.07, 6.45) is 3.94. The van der Waals surface area contributed by atoms with Crippen molar-refractivity contribution in [2.75, 3.05) is 6.61 Å². The molecule has 4 nitrogen and oxygen atoms in total. The molecule has 0 aliphatic rings. The van der Waals surface area contributed by atoms with Crippen molar-refractivity contribution in [3.05, 3.63) is 53.8 Å². The van der Waals surface area contributed by atoms with Gasteiger partial charge in [-0.05, 0) is 25.5 Å². The van der Waals surface area contributed by atoms with Gasteiger partial charge in [-0.1, -0.05) is 24.8 Å². The van der Waals surface area contributed by atoms with Gasteiger partial charge in [0, 0.05) is 11.6 Å². The third-order valence-corrected chi connectivity index (χ3v) is 2.35. The van der Waals surface area contributed by atoms with Gasteiger partial charge in [0.15, 0.2) is 0 Å². The van der Waals surface area contributed by atoms with Crippen LogP contribution in [0.4, 0.5) is 0 Å². The van der Waals surface area contributed by atoms with Gasteiger partial charge >= 0.3 is 11.9 Å². The molecule has 104 valence electrons. The minimum Gasteiger partial charge on any atom is -0.463 e. The minimum absolute atomic E-state index is 0.308. The number of esters is 2. The predicted molar refractivity (Wildman–Crippen MR) is 76.2 cm³/mol. The zero-order valence-corrected chi connectivity index (χ0v) is 11.5. The third-order valence-electron chi connectivity index (χ3n) is 2.35. The SMILES string of the molecule is C=C=CC(=O)Oc1c(C)cccc1/C=C/C(=O)OCC. The van der Waals surface area contributed by atoms with Gasteiger partial charge in [0.1, 0.15) is 5.75 Å². The Labute approximate surface area is 118 Å². The summed E-state index contributed by atoms with van der Waals surface area (Å²) < 4.78 is 10.0. The van der Waals surface area contributed by atoms with E-state index in [0.717, 1.165) is 11.6 Å². The predicted octanol–water partition coefficient (Wildman–Crippen LogP) is 2.82. The molecule has 0 atom stereocenters. The standard InChI is InChI=1S/C16H16O4/c1-4-7-15(18)20-16-12(3)8-6-9-13(16)10-11-14(17)19-5-2/h6-11H,1,5H2,2-3H3/b11-10+. The van der Waals surface area contributed by atoms with E-state index in [2.05, 4.69) is 12.3 Å². The fraction of sp³-hybridized carbons (Fsp3) is 0.188. The highest BCUT2D eigenvalue weighted by Gasteiger charge is 2.08. The average Bonchev–Trinajstić information content (AvgIpc) is 2.40. The van der Waals surface area contributed by atoms with Crippen molar-refractivity contribution in [1.29, 1.82) is 0 Å². The van der Waals surface area contributed by atoms with E-state index < -0.39 is 11.9 Å². The molecule has 1 aromatic rings. The molecular weight excluding hydrogens is 256 g/mol. The molecule has 0 radical (unpaired) electrons. The van der Waals surface area contributed by atoms with E-state index in [1.54, 1.807) is 25.1 Å². The van der Waals surface area contributed by atoms with Crippen LogP contribution in [0, 0.1) is 6.92 Å². The number of hydrogen-bond donors (Lipinski definition) is 0. The van der Waals surface area contributed by atoms with E-state index in [0.29, 0.717) is 17.9 Å². The van der Waals surface area contributed by atoms with Crippen molar-refractivity contribution in [2.45, 2.75) is 13.8 Å². The monoisotopic (exact) mass is 272 g/mol. The molecule has 0 fully saturated rings. The van der Waals surface area contributed by atoms with Crippen LogP contribution in [-0.2, 0) is 14.3 Å². The molecule has 0 aliphatic heterocycles. The van der Waals surface area contributed by atoms with Crippen LogP contribution in [-0.4, -0.2) is 18.5 Å². The maximum absolute atomic E-state index is 11.5. The van der Waals surface area contributed by atoms with Crippen molar-refractivity contribution in [3.63, 3.8) is 0 Å². The molecule has 0 unspecified atom stereocenters. The smallest absolute Gasteiger partial charge is 0.344 e. The van der Waals surface area contributed by atoms with Gasteiger partial charge < -0.3 is 9.47 Å². The lowest BCUT2D eigenvalue weighted by atomic mass is 10.1. The Morgan fingerprint density at radius 1 is 1.35 bits per heavy atom. The fourth-order valence-corrected chi connectivity index (χ4v) is 1.51. The molecular formula is C16H16O4. The van der Waals surface area contributed by atoms with E-state index in [4.69, 9.17) is 9.47 Å². The molecule has 0 spiro atoms. The first-order chi connectivity index (χ1) is 9.58. The highest BCUT2D eigenvalue weighted by Crippen LogP contribution is 2.25. The summed E-state index contributed by atoms with van der Waals surface area (Å²) in [6.45, 7) is 7.16. The van der Waals surface area contributed by atoms with Crippen molar-refractivity contribution in [3.8, 4) is 5.75 Å². The first-order valence-electron chi connectivity index (χ1n) is 6.10. The Hall–Kier alpha value is -2.58. The summed E-state index contributed by atoms with van der Waals surface area (Å²) >= 11 is 0. The van der Waals surface area contributed by atoms with Crippen LogP contribution in [0.3, 0.4) is 0 Å². The zero-order valence-electron chi connectivity index (χ0n) is 11.5. The molecule has 0 N–H and O–H groups in total. The molecule has 0 heterocycles. The van der Waals surface area contributed by atoms with Crippen LogP contribution in [0.15, 0.2) is 42.7 Å². The van der Waals surface area contributed by atoms with Crippen LogP contribution in [0.25, 0.3) is 6.08 Å². The van der Waals surface area contributed by atoms with Crippen LogP contribution >= 0.6 is 0 Å². The fourth-order valence-electron chi connectivity index (χ4n) is 1.51. The summed E-state index contributed by atoms with van der Waals surface area (Å²) in [5.41, 5.74) is 3.75. The largest absolute Gasteiger partial charge is 0.463 e. The first kappa shape index (κ1) is 15.5. The number of ether oxygens (including phenoxy) is 2. The Balaban J connectivity index is 3.02. The molecule has 4 heteroatoms. The van der Waals surface area contributed by atoms with Gasteiger partial charge in [-0.3, -0.25) is 0 Å². The molecule has 0 saturated heterocycles. The highest BCUT2D eigenvalue weighted by molar-refractivity contribution is 5.89. The van der Waals surface area contributed by atoms with Gasteiger partial charge in [0.05, 0.1) is 12.7 Å². The van der Waals surface area contributed by atoms with Crippen molar-refractivity contribution in [1.82, 2.24) is 0 Å². The van der Waals surface area contributed by atoms with Crippen molar-refractivity contribution >= 4 is 18.0 Å². The molecule has 0 saturated carbocycles. The maximum Gasteiger partial charge on any atom is 0.344 e. The van der Waals surface area contributed by atoms with Gasteiger partial charge in [0.2, 0.25) is 0 Å². The highest BCUT2D eigenvalue weighted by atomic mass is 16.5. The number of aryl methyl sites for hydroxylation is 1. The van der Waals surface area contributed by atoms with Crippen LogP contribution in [0.1, 0.15) is 18.1 Å². The van der Waals surface area contributed by atoms with E-state index in [9.17, 15) is 9.59 Å².